The molecule has 0 bridgehead atoms. The highest BCUT2D eigenvalue weighted by Gasteiger charge is 2.21. The number of nitrogens with zero attached hydrogens (tertiary/aromatic N) is 2. The Morgan fingerprint density at radius 2 is 1.95 bits per heavy atom. The second kappa shape index (κ2) is 7.25. The Hall–Kier alpha value is -1.61. The van der Waals surface area contributed by atoms with Crippen LogP contribution in [0.5, 0.6) is 0 Å². The zero-order valence-corrected chi connectivity index (χ0v) is 12.7. The molecule has 2 unspecified atom stereocenters. The number of likely N-dealkylation sites (N-methyl/N-ethyl adjacent to an activating group) is 1. The van der Waals surface area contributed by atoms with E-state index in [0.29, 0.717) is 12.0 Å². The topological polar surface area (TPSA) is 29.9 Å². The molecule has 2 rings (SSSR count). The molecule has 0 fully saturated rings. The van der Waals surface area contributed by atoms with Crippen LogP contribution in [0.1, 0.15) is 37.3 Å². The summed E-state index contributed by atoms with van der Waals surface area (Å²) in [5.74, 6) is 0.538. The van der Waals surface area contributed by atoms with Crippen molar-refractivity contribution in [3.05, 3.63) is 53.9 Å². The molecule has 0 aliphatic rings. The first-order valence-electron chi connectivity index (χ1n) is 7.50. The first-order chi connectivity index (χ1) is 9.74. The number of aromatic nitrogens is 2. The van der Waals surface area contributed by atoms with Crippen molar-refractivity contribution in [2.45, 2.75) is 38.6 Å². The quantitative estimate of drug-likeness (QED) is 0.838. The molecule has 0 aliphatic heterocycles. The normalized spacial score (nSPS) is 14.2. The van der Waals surface area contributed by atoms with Crippen LogP contribution in [0.25, 0.3) is 0 Å². The highest BCUT2D eigenvalue weighted by atomic mass is 15.2. The third-order valence-electron chi connectivity index (χ3n) is 3.83. The lowest BCUT2D eigenvalue weighted by Gasteiger charge is -2.27. The summed E-state index contributed by atoms with van der Waals surface area (Å²) in [5, 5.41) is 7.93. The SMILES string of the molecule is CCNC(Cc1cnn(C)c1)C(CC)c1ccccc1. The van der Waals surface area contributed by atoms with Gasteiger partial charge in [0.1, 0.15) is 0 Å². The number of hydrogen-bond acceptors (Lipinski definition) is 2. The summed E-state index contributed by atoms with van der Waals surface area (Å²) in [6.45, 7) is 5.44. The van der Waals surface area contributed by atoms with Gasteiger partial charge in [0.25, 0.3) is 0 Å². The summed E-state index contributed by atoms with van der Waals surface area (Å²) in [6.07, 6.45) is 6.25. The molecule has 0 amide bonds. The zero-order valence-electron chi connectivity index (χ0n) is 12.7. The van der Waals surface area contributed by atoms with Crippen molar-refractivity contribution in [2.24, 2.45) is 7.05 Å². The minimum absolute atomic E-state index is 0.455. The standard InChI is InChI=1S/C17H25N3/c1-4-16(15-9-7-6-8-10-15)17(18-5-2)11-14-12-19-20(3)13-14/h6-10,12-13,16-18H,4-5,11H2,1-3H3. The molecule has 3 heteroatoms. The van der Waals surface area contributed by atoms with Crippen molar-refractivity contribution >= 4 is 0 Å². The van der Waals surface area contributed by atoms with E-state index in [1.54, 1.807) is 0 Å². The van der Waals surface area contributed by atoms with Crippen molar-refractivity contribution in [2.75, 3.05) is 6.54 Å². The molecule has 1 N–H and O–H groups in total. The lowest BCUT2D eigenvalue weighted by atomic mass is 9.86. The van der Waals surface area contributed by atoms with Crippen LogP contribution in [0.15, 0.2) is 42.7 Å². The fraction of sp³-hybridized carbons (Fsp3) is 0.471. The van der Waals surface area contributed by atoms with Crippen LogP contribution < -0.4 is 5.32 Å². The van der Waals surface area contributed by atoms with Gasteiger partial charge < -0.3 is 5.32 Å². The maximum atomic E-state index is 4.28. The molecule has 20 heavy (non-hydrogen) atoms. The second-order valence-corrected chi connectivity index (χ2v) is 5.32. The summed E-state index contributed by atoms with van der Waals surface area (Å²) in [6, 6.07) is 11.3. The molecule has 0 spiro atoms. The van der Waals surface area contributed by atoms with Gasteiger partial charge in [0.05, 0.1) is 6.20 Å². The van der Waals surface area contributed by atoms with Gasteiger partial charge in [-0.2, -0.15) is 5.10 Å². The summed E-state index contributed by atoms with van der Waals surface area (Å²) >= 11 is 0. The Balaban J connectivity index is 2.17. The second-order valence-electron chi connectivity index (χ2n) is 5.32. The fourth-order valence-corrected chi connectivity index (χ4v) is 2.90. The molecule has 3 nitrogen and oxygen atoms in total. The first-order valence-corrected chi connectivity index (χ1v) is 7.50. The number of benzene rings is 1. The molecule has 0 saturated heterocycles. The highest BCUT2D eigenvalue weighted by Crippen LogP contribution is 2.25. The highest BCUT2D eigenvalue weighted by molar-refractivity contribution is 5.22. The monoisotopic (exact) mass is 271 g/mol. The molecule has 1 aromatic carbocycles. The van der Waals surface area contributed by atoms with Crippen LogP contribution in [0.4, 0.5) is 0 Å². The van der Waals surface area contributed by atoms with Crippen LogP contribution >= 0.6 is 0 Å². The van der Waals surface area contributed by atoms with Crippen LogP contribution in [0, 0.1) is 0 Å². The van der Waals surface area contributed by atoms with Gasteiger partial charge in [0, 0.05) is 19.3 Å². The molecule has 2 atom stereocenters. The van der Waals surface area contributed by atoms with Crippen LogP contribution in [0.3, 0.4) is 0 Å². The van der Waals surface area contributed by atoms with E-state index in [1.807, 2.05) is 17.9 Å². The predicted molar refractivity (Wildman–Crippen MR) is 83.9 cm³/mol. The van der Waals surface area contributed by atoms with Crippen LogP contribution in [-0.4, -0.2) is 22.4 Å². The molecule has 0 radical (unpaired) electrons. The van der Waals surface area contributed by atoms with Gasteiger partial charge in [0.15, 0.2) is 0 Å². The lowest BCUT2D eigenvalue weighted by molar-refractivity contribution is 0.428. The number of rotatable bonds is 7. The maximum absolute atomic E-state index is 4.28. The minimum Gasteiger partial charge on any atom is -0.313 e. The Kier molecular flexibility index (Phi) is 5.36. The summed E-state index contributed by atoms with van der Waals surface area (Å²) in [7, 11) is 1.97. The molecule has 0 aliphatic carbocycles. The van der Waals surface area contributed by atoms with Gasteiger partial charge in [-0.3, -0.25) is 4.68 Å². The van der Waals surface area contributed by atoms with Crippen LogP contribution in [-0.2, 0) is 13.5 Å². The van der Waals surface area contributed by atoms with Gasteiger partial charge in [0.2, 0.25) is 0 Å². The van der Waals surface area contributed by atoms with Crippen molar-refractivity contribution in [1.82, 2.24) is 15.1 Å². The molecular weight excluding hydrogens is 246 g/mol. The van der Waals surface area contributed by atoms with Crippen molar-refractivity contribution in [3.63, 3.8) is 0 Å². The van der Waals surface area contributed by atoms with E-state index >= 15 is 0 Å². The lowest BCUT2D eigenvalue weighted by Crippen LogP contribution is -2.36. The third-order valence-corrected chi connectivity index (χ3v) is 3.83. The van der Waals surface area contributed by atoms with Gasteiger partial charge in [-0.05, 0) is 36.4 Å². The fourth-order valence-electron chi connectivity index (χ4n) is 2.90. The van der Waals surface area contributed by atoms with E-state index in [9.17, 15) is 0 Å². The summed E-state index contributed by atoms with van der Waals surface area (Å²) < 4.78 is 1.88. The summed E-state index contributed by atoms with van der Waals surface area (Å²) in [4.78, 5) is 0. The van der Waals surface area contributed by atoms with Crippen molar-refractivity contribution in [3.8, 4) is 0 Å². The van der Waals surface area contributed by atoms with E-state index in [1.165, 1.54) is 11.1 Å². The Bertz CT molecular complexity index is 504. The van der Waals surface area contributed by atoms with Gasteiger partial charge >= 0.3 is 0 Å². The largest absolute Gasteiger partial charge is 0.313 e. The number of aryl methyl sites for hydroxylation is 1. The Morgan fingerprint density at radius 1 is 1.20 bits per heavy atom. The molecule has 1 heterocycles. The average molecular weight is 271 g/mol. The van der Waals surface area contributed by atoms with E-state index in [4.69, 9.17) is 0 Å². The number of hydrogen-bond donors (Lipinski definition) is 1. The minimum atomic E-state index is 0.455. The molecular formula is C17H25N3. The van der Waals surface area contributed by atoms with E-state index in [0.717, 1.165) is 19.4 Å². The average Bonchev–Trinajstić information content (AvgIpc) is 2.86. The van der Waals surface area contributed by atoms with E-state index in [-0.39, 0.29) is 0 Å². The third kappa shape index (κ3) is 3.70. The van der Waals surface area contributed by atoms with Crippen molar-refractivity contribution in [1.29, 1.82) is 0 Å². The van der Waals surface area contributed by atoms with E-state index in [2.05, 4.69) is 60.8 Å². The van der Waals surface area contributed by atoms with Crippen molar-refractivity contribution < 1.29 is 0 Å². The van der Waals surface area contributed by atoms with Crippen LogP contribution in [0.2, 0.25) is 0 Å². The molecule has 0 saturated carbocycles. The van der Waals surface area contributed by atoms with Gasteiger partial charge in [-0.15, -0.1) is 0 Å². The smallest absolute Gasteiger partial charge is 0.0522 e. The Morgan fingerprint density at radius 3 is 2.50 bits per heavy atom. The number of nitrogens with one attached hydrogen (secondary N) is 1. The van der Waals surface area contributed by atoms with Gasteiger partial charge in [-0.1, -0.05) is 44.2 Å². The molecule has 1 aromatic heterocycles. The van der Waals surface area contributed by atoms with E-state index < -0.39 is 0 Å². The molecule has 108 valence electrons. The van der Waals surface area contributed by atoms with Gasteiger partial charge in [-0.25, -0.2) is 0 Å². The summed E-state index contributed by atoms with van der Waals surface area (Å²) in [5.41, 5.74) is 2.72. The Labute approximate surface area is 122 Å². The predicted octanol–water partition coefficient (Wildman–Crippen LogP) is 3.13. The zero-order chi connectivity index (χ0) is 14.4. The molecule has 2 aromatic rings. The maximum Gasteiger partial charge on any atom is 0.0522 e. The first kappa shape index (κ1) is 14.8.